The molecule has 1 atom stereocenters. The molecule has 1 rings (SSSR count). The lowest BCUT2D eigenvalue weighted by molar-refractivity contribution is -0.0834. The lowest BCUT2D eigenvalue weighted by Crippen LogP contribution is -2.48. The number of nitrogens with zero attached hydrogens (tertiary/aromatic N) is 2. The average molecular weight is 200 g/mol. The van der Waals surface area contributed by atoms with Gasteiger partial charge in [-0.15, -0.1) is 0 Å². The molecule has 0 saturated carbocycles. The Balaban J connectivity index is 2.50. The standard InChI is InChI=1S/C11H24N2O/c1-9(2)13-7-6-10(8-13)12(5)11(3,4)14/h9-10,14H,6-8H2,1-5H3. The second-order valence-electron chi connectivity index (χ2n) is 5.14. The molecule has 3 nitrogen and oxygen atoms in total. The van der Waals surface area contributed by atoms with Gasteiger partial charge in [-0.25, -0.2) is 0 Å². The third-order valence-electron chi connectivity index (χ3n) is 3.34. The van der Waals surface area contributed by atoms with Gasteiger partial charge in [0.1, 0.15) is 5.72 Å². The third-order valence-corrected chi connectivity index (χ3v) is 3.34. The van der Waals surface area contributed by atoms with Gasteiger partial charge < -0.3 is 5.11 Å². The Morgan fingerprint density at radius 3 is 2.36 bits per heavy atom. The normalized spacial score (nSPS) is 25.3. The molecule has 3 heteroatoms. The molecule has 0 aromatic carbocycles. The minimum atomic E-state index is -0.697. The predicted molar refractivity (Wildman–Crippen MR) is 59.2 cm³/mol. The molecule has 0 aliphatic carbocycles. The van der Waals surface area contributed by atoms with E-state index in [9.17, 15) is 5.11 Å². The smallest absolute Gasteiger partial charge is 0.112 e. The van der Waals surface area contributed by atoms with Crippen molar-refractivity contribution in [1.29, 1.82) is 0 Å². The molecule has 14 heavy (non-hydrogen) atoms. The van der Waals surface area contributed by atoms with E-state index in [1.165, 1.54) is 6.42 Å². The van der Waals surface area contributed by atoms with Gasteiger partial charge >= 0.3 is 0 Å². The molecule has 1 saturated heterocycles. The van der Waals surface area contributed by atoms with Crippen molar-refractivity contribution in [3.05, 3.63) is 0 Å². The second kappa shape index (κ2) is 4.17. The molecule has 0 spiro atoms. The van der Waals surface area contributed by atoms with Gasteiger partial charge in [-0.1, -0.05) is 0 Å². The number of hydrogen-bond donors (Lipinski definition) is 1. The van der Waals surface area contributed by atoms with E-state index in [-0.39, 0.29) is 0 Å². The summed E-state index contributed by atoms with van der Waals surface area (Å²) in [5, 5.41) is 9.88. The van der Waals surface area contributed by atoms with Crippen molar-refractivity contribution in [3.63, 3.8) is 0 Å². The fourth-order valence-electron chi connectivity index (χ4n) is 2.00. The summed E-state index contributed by atoms with van der Waals surface area (Å²) >= 11 is 0. The molecule has 0 bridgehead atoms. The summed E-state index contributed by atoms with van der Waals surface area (Å²) in [6.45, 7) is 10.4. The van der Waals surface area contributed by atoms with Crippen LogP contribution in [0.4, 0.5) is 0 Å². The van der Waals surface area contributed by atoms with Crippen molar-refractivity contribution in [2.45, 2.75) is 51.9 Å². The highest BCUT2D eigenvalue weighted by Crippen LogP contribution is 2.21. The SMILES string of the molecule is CC(C)N1CCC(N(C)C(C)(C)O)C1. The quantitative estimate of drug-likeness (QED) is 0.692. The van der Waals surface area contributed by atoms with Crippen molar-refractivity contribution >= 4 is 0 Å². The highest BCUT2D eigenvalue weighted by Gasteiger charge is 2.32. The van der Waals surface area contributed by atoms with E-state index >= 15 is 0 Å². The zero-order chi connectivity index (χ0) is 10.9. The Bertz CT molecular complexity index is 186. The van der Waals surface area contributed by atoms with Gasteiger partial charge in [-0.2, -0.15) is 0 Å². The number of rotatable bonds is 3. The van der Waals surface area contributed by atoms with Gasteiger partial charge in [0.05, 0.1) is 0 Å². The van der Waals surface area contributed by atoms with Crippen LogP contribution in [0.1, 0.15) is 34.1 Å². The van der Waals surface area contributed by atoms with Gasteiger partial charge in [0.25, 0.3) is 0 Å². The fraction of sp³-hybridized carbons (Fsp3) is 1.00. The third kappa shape index (κ3) is 2.69. The molecular formula is C11H24N2O. The Morgan fingerprint density at radius 1 is 1.43 bits per heavy atom. The maximum absolute atomic E-state index is 9.88. The first-order chi connectivity index (χ1) is 6.32. The topological polar surface area (TPSA) is 26.7 Å². The number of aliphatic hydroxyl groups is 1. The van der Waals surface area contributed by atoms with Crippen LogP contribution in [0.25, 0.3) is 0 Å². The van der Waals surface area contributed by atoms with Crippen LogP contribution in [0, 0.1) is 0 Å². The van der Waals surface area contributed by atoms with Gasteiger partial charge in [0.2, 0.25) is 0 Å². The van der Waals surface area contributed by atoms with Crippen molar-refractivity contribution in [2.24, 2.45) is 0 Å². The Labute approximate surface area is 87.7 Å². The molecule has 1 unspecified atom stereocenters. The van der Waals surface area contributed by atoms with Crippen LogP contribution in [0.15, 0.2) is 0 Å². The van der Waals surface area contributed by atoms with Crippen LogP contribution < -0.4 is 0 Å². The van der Waals surface area contributed by atoms with E-state index in [1.807, 2.05) is 20.9 Å². The summed E-state index contributed by atoms with van der Waals surface area (Å²) in [4.78, 5) is 4.54. The van der Waals surface area contributed by atoms with E-state index < -0.39 is 5.72 Å². The number of hydrogen-bond acceptors (Lipinski definition) is 3. The maximum Gasteiger partial charge on any atom is 0.112 e. The molecule has 0 amide bonds. The largest absolute Gasteiger partial charge is 0.376 e. The molecule has 1 N–H and O–H groups in total. The Kier molecular flexibility index (Phi) is 3.56. The molecule has 1 aliphatic heterocycles. The number of likely N-dealkylation sites (tertiary alicyclic amines) is 1. The first kappa shape index (κ1) is 12.0. The van der Waals surface area contributed by atoms with Crippen LogP contribution >= 0.6 is 0 Å². The molecule has 0 aromatic rings. The van der Waals surface area contributed by atoms with E-state index in [0.717, 1.165) is 13.1 Å². The minimum Gasteiger partial charge on any atom is -0.376 e. The number of likely N-dealkylation sites (N-methyl/N-ethyl adjacent to an activating group) is 1. The molecule has 0 aromatic heterocycles. The summed E-state index contributed by atoms with van der Waals surface area (Å²) in [6, 6.07) is 1.12. The highest BCUT2D eigenvalue weighted by atomic mass is 16.3. The monoisotopic (exact) mass is 200 g/mol. The molecule has 1 aliphatic rings. The van der Waals surface area contributed by atoms with E-state index in [4.69, 9.17) is 0 Å². The van der Waals surface area contributed by atoms with Crippen molar-refractivity contribution in [1.82, 2.24) is 9.80 Å². The van der Waals surface area contributed by atoms with Crippen LogP contribution in [0.5, 0.6) is 0 Å². The van der Waals surface area contributed by atoms with Gasteiger partial charge in [0.15, 0.2) is 0 Å². The molecule has 1 heterocycles. The van der Waals surface area contributed by atoms with E-state index in [2.05, 4.69) is 23.6 Å². The first-order valence-electron chi connectivity index (χ1n) is 5.51. The van der Waals surface area contributed by atoms with Crippen LogP contribution in [0.3, 0.4) is 0 Å². The summed E-state index contributed by atoms with van der Waals surface area (Å²) in [6.07, 6.45) is 1.17. The predicted octanol–water partition coefficient (Wildman–Crippen LogP) is 1.13. The summed E-state index contributed by atoms with van der Waals surface area (Å²) < 4.78 is 0. The minimum absolute atomic E-state index is 0.498. The van der Waals surface area contributed by atoms with Gasteiger partial charge in [-0.05, 0) is 41.2 Å². The van der Waals surface area contributed by atoms with Crippen molar-refractivity contribution in [2.75, 3.05) is 20.1 Å². The zero-order valence-corrected chi connectivity index (χ0v) is 10.1. The molecule has 84 valence electrons. The average Bonchev–Trinajstić information content (AvgIpc) is 2.48. The zero-order valence-electron chi connectivity index (χ0n) is 10.1. The molecular weight excluding hydrogens is 176 g/mol. The summed E-state index contributed by atoms with van der Waals surface area (Å²) in [5.41, 5.74) is -0.697. The lowest BCUT2D eigenvalue weighted by atomic mass is 10.1. The fourth-order valence-corrected chi connectivity index (χ4v) is 2.00. The van der Waals surface area contributed by atoms with Crippen LogP contribution in [-0.4, -0.2) is 52.9 Å². The molecule has 0 radical (unpaired) electrons. The Hall–Kier alpha value is -0.120. The highest BCUT2D eigenvalue weighted by molar-refractivity contribution is 4.86. The van der Waals surface area contributed by atoms with Gasteiger partial charge in [0, 0.05) is 25.2 Å². The lowest BCUT2D eigenvalue weighted by Gasteiger charge is -2.35. The van der Waals surface area contributed by atoms with Crippen LogP contribution in [0.2, 0.25) is 0 Å². The van der Waals surface area contributed by atoms with E-state index in [1.54, 1.807) is 0 Å². The molecule has 1 fully saturated rings. The Morgan fingerprint density at radius 2 is 2.00 bits per heavy atom. The van der Waals surface area contributed by atoms with Crippen molar-refractivity contribution < 1.29 is 5.11 Å². The maximum atomic E-state index is 9.88. The van der Waals surface area contributed by atoms with Crippen molar-refractivity contribution in [3.8, 4) is 0 Å². The summed E-state index contributed by atoms with van der Waals surface area (Å²) in [5.74, 6) is 0. The first-order valence-corrected chi connectivity index (χ1v) is 5.51. The summed E-state index contributed by atoms with van der Waals surface area (Å²) in [7, 11) is 2.01. The van der Waals surface area contributed by atoms with Gasteiger partial charge in [-0.3, -0.25) is 9.80 Å². The van der Waals surface area contributed by atoms with E-state index in [0.29, 0.717) is 12.1 Å². The van der Waals surface area contributed by atoms with Crippen LogP contribution in [-0.2, 0) is 0 Å². The second-order valence-corrected chi connectivity index (χ2v) is 5.14.